The predicted molar refractivity (Wildman–Crippen MR) is 73.7 cm³/mol. The molecule has 0 fully saturated rings. The number of nitrogens with two attached hydrogens (primary N) is 1. The molecule has 2 aromatic rings. The fourth-order valence-electron chi connectivity index (χ4n) is 2.05. The van der Waals surface area contributed by atoms with E-state index in [0.717, 1.165) is 29.9 Å². The number of aromatic nitrogens is 1. The Labute approximate surface area is 112 Å². The molecule has 3 nitrogen and oxygen atoms in total. The number of rotatable bonds is 5. The van der Waals surface area contributed by atoms with Crippen LogP contribution in [0, 0.1) is 5.82 Å². The highest BCUT2D eigenvalue weighted by Gasteiger charge is 2.07. The van der Waals surface area contributed by atoms with Crippen molar-refractivity contribution in [3.63, 3.8) is 0 Å². The molecule has 0 atom stereocenters. The van der Waals surface area contributed by atoms with Gasteiger partial charge in [0.1, 0.15) is 5.82 Å². The molecule has 2 rings (SSSR count). The maximum Gasteiger partial charge on any atom is 0.123 e. The molecule has 100 valence electrons. The number of nitrogens with zero attached hydrogens (tertiary/aromatic N) is 2. The summed E-state index contributed by atoms with van der Waals surface area (Å²) in [7, 11) is 2.01. The Bertz CT molecular complexity index is 528. The van der Waals surface area contributed by atoms with Gasteiger partial charge in [0.2, 0.25) is 0 Å². The summed E-state index contributed by atoms with van der Waals surface area (Å²) in [6.07, 6.45) is 1.78. The van der Waals surface area contributed by atoms with Gasteiger partial charge in [-0.1, -0.05) is 12.1 Å². The molecule has 0 bridgehead atoms. The minimum absolute atomic E-state index is 0.239. The zero-order valence-corrected chi connectivity index (χ0v) is 11.0. The summed E-state index contributed by atoms with van der Waals surface area (Å²) in [5.41, 5.74) is 8.58. The van der Waals surface area contributed by atoms with E-state index < -0.39 is 0 Å². The van der Waals surface area contributed by atoms with Crippen LogP contribution in [0.15, 0.2) is 42.6 Å². The summed E-state index contributed by atoms with van der Waals surface area (Å²) >= 11 is 0. The Kier molecular flexibility index (Phi) is 4.60. The van der Waals surface area contributed by atoms with E-state index in [0.29, 0.717) is 6.54 Å². The number of halogens is 1. The third-order valence-corrected chi connectivity index (χ3v) is 2.99. The van der Waals surface area contributed by atoms with Crippen LogP contribution < -0.4 is 5.73 Å². The fourth-order valence-corrected chi connectivity index (χ4v) is 2.05. The Balaban J connectivity index is 2.04. The van der Waals surface area contributed by atoms with Crippen LogP contribution in [0.3, 0.4) is 0 Å². The van der Waals surface area contributed by atoms with Crippen LogP contribution in [0.5, 0.6) is 0 Å². The Morgan fingerprint density at radius 3 is 2.68 bits per heavy atom. The first-order valence-electron chi connectivity index (χ1n) is 6.25. The van der Waals surface area contributed by atoms with E-state index in [9.17, 15) is 4.39 Å². The molecule has 0 unspecified atom stereocenters. The predicted octanol–water partition coefficient (Wildman–Crippen LogP) is 2.31. The molecule has 1 aromatic heterocycles. The smallest absolute Gasteiger partial charge is 0.123 e. The molecule has 0 spiro atoms. The lowest BCUT2D eigenvalue weighted by Gasteiger charge is -2.18. The van der Waals surface area contributed by atoms with Crippen molar-refractivity contribution in [2.45, 2.75) is 19.6 Å². The van der Waals surface area contributed by atoms with Crippen molar-refractivity contribution < 1.29 is 4.39 Å². The van der Waals surface area contributed by atoms with Gasteiger partial charge in [-0.15, -0.1) is 0 Å². The molecule has 1 heterocycles. The second-order valence-corrected chi connectivity index (χ2v) is 4.61. The molecular formula is C15H18FN3. The van der Waals surface area contributed by atoms with Gasteiger partial charge < -0.3 is 5.73 Å². The Morgan fingerprint density at radius 2 is 2.00 bits per heavy atom. The van der Waals surface area contributed by atoms with Gasteiger partial charge >= 0.3 is 0 Å². The maximum atomic E-state index is 13.1. The molecule has 0 saturated carbocycles. The average Bonchev–Trinajstić information content (AvgIpc) is 2.42. The summed E-state index contributed by atoms with van der Waals surface area (Å²) in [5, 5.41) is 0. The first-order valence-corrected chi connectivity index (χ1v) is 6.25. The second kappa shape index (κ2) is 6.41. The summed E-state index contributed by atoms with van der Waals surface area (Å²) < 4.78 is 13.1. The summed E-state index contributed by atoms with van der Waals surface area (Å²) in [6.45, 7) is 1.83. The molecule has 19 heavy (non-hydrogen) atoms. The number of benzene rings is 1. The van der Waals surface area contributed by atoms with E-state index in [1.54, 1.807) is 12.3 Å². The highest BCUT2D eigenvalue weighted by molar-refractivity contribution is 5.27. The highest BCUT2D eigenvalue weighted by atomic mass is 19.1. The summed E-state index contributed by atoms with van der Waals surface area (Å²) in [6, 6.07) is 10.6. The first-order chi connectivity index (χ1) is 9.19. The number of hydrogen-bond acceptors (Lipinski definition) is 3. The fraction of sp³-hybridized carbons (Fsp3) is 0.267. The van der Waals surface area contributed by atoms with Gasteiger partial charge in [0.05, 0.1) is 5.69 Å². The van der Waals surface area contributed by atoms with Crippen molar-refractivity contribution >= 4 is 0 Å². The van der Waals surface area contributed by atoms with E-state index in [-0.39, 0.29) is 5.82 Å². The minimum Gasteiger partial charge on any atom is -0.326 e. The number of pyridine rings is 1. The van der Waals surface area contributed by atoms with Crippen molar-refractivity contribution in [3.05, 3.63) is 65.2 Å². The van der Waals surface area contributed by atoms with Crippen molar-refractivity contribution in [2.24, 2.45) is 5.73 Å². The lowest BCUT2D eigenvalue weighted by molar-refractivity contribution is 0.314. The van der Waals surface area contributed by atoms with E-state index in [1.807, 2.05) is 25.2 Å². The zero-order chi connectivity index (χ0) is 13.7. The van der Waals surface area contributed by atoms with Crippen molar-refractivity contribution in [3.8, 4) is 0 Å². The molecule has 0 saturated heterocycles. The molecule has 0 aliphatic heterocycles. The Morgan fingerprint density at radius 1 is 1.16 bits per heavy atom. The normalized spacial score (nSPS) is 10.9. The van der Waals surface area contributed by atoms with Gasteiger partial charge in [-0.2, -0.15) is 0 Å². The van der Waals surface area contributed by atoms with Gasteiger partial charge in [0.15, 0.2) is 0 Å². The van der Waals surface area contributed by atoms with Crippen LogP contribution in [0.25, 0.3) is 0 Å². The van der Waals surface area contributed by atoms with Crippen molar-refractivity contribution in [1.82, 2.24) is 9.88 Å². The largest absolute Gasteiger partial charge is 0.326 e. The second-order valence-electron chi connectivity index (χ2n) is 4.61. The van der Waals surface area contributed by atoms with Crippen LogP contribution in [0.2, 0.25) is 0 Å². The van der Waals surface area contributed by atoms with Gasteiger partial charge in [-0.05, 0) is 42.4 Å². The first kappa shape index (κ1) is 13.6. The van der Waals surface area contributed by atoms with Gasteiger partial charge in [-0.3, -0.25) is 9.88 Å². The van der Waals surface area contributed by atoms with Crippen LogP contribution in [0.1, 0.15) is 16.8 Å². The standard InChI is InChI=1S/C15H18FN3/c1-19(11-15-4-2-3-7-18-15)10-12-5-6-14(16)8-13(12)9-17/h2-8H,9-11,17H2,1H3. The molecule has 0 aliphatic carbocycles. The highest BCUT2D eigenvalue weighted by Crippen LogP contribution is 2.14. The Hall–Kier alpha value is -1.78. The van der Waals surface area contributed by atoms with Crippen molar-refractivity contribution in [2.75, 3.05) is 7.05 Å². The van der Waals surface area contributed by atoms with Crippen LogP contribution in [-0.2, 0) is 19.6 Å². The van der Waals surface area contributed by atoms with Crippen LogP contribution in [-0.4, -0.2) is 16.9 Å². The third kappa shape index (κ3) is 3.84. The topological polar surface area (TPSA) is 42.2 Å². The van der Waals surface area contributed by atoms with E-state index >= 15 is 0 Å². The van der Waals surface area contributed by atoms with Crippen molar-refractivity contribution in [1.29, 1.82) is 0 Å². The molecule has 2 N–H and O–H groups in total. The average molecular weight is 259 g/mol. The van der Waals surface area contributed by atoms with Crippen LogP contribution in [0.4, 0.5) is 4.39 Å². The third-order valence-electron chi connectivity index (χ3n) is 2.99. The SMILES string of the molecule is CN(Cc1ccccn1)Cc1ccc(F)cc1CN. The maximum absolute atomic E-state index is 13.1. The van der Waals surface area contributed by atoms with E-state index in [1.165, 1.54) is 12.1 Å². The molecule has 4 heteroatoms. The molecule has 0 aliphatic rings. The molecule has 0 amide bonds. The van der Waals surface area contributed by atoms with Crippen LogP contribution >= 0.6 is 0 Å². The summed E-state index contributed by atoms with van der Waals surface area (Å²) in [5.74, 6) is -0.239. The summed E-state index contributed by atoms with van der Waals surface area (Å²) in [4.78, 5) is 6.42. The van der Waals surface area contributed by atoms with E-state index in [4.69, 9.17) is 5.73 Å². The lowest BCUT2D eigenvalue weighted by atomic mass is 10.1. The molecule has 0 radical (unpaired) electrons. The van der Waals surface area contributed by atoms with Gasteiger partial charge in [0.25, 0.3) is 0 Å². The lowest BCUT2D eigenvalue weighted by Crippen LogP contribution is -2.19. The monoisotopic (exact) mass is 259 g/mol. The van der Waals surface area contributed by atoms with Gasteiger partial charge in [-0.25, -0.2) is 4.39 Å². The van der Waals surface area contributed by atoms with E-state index in [2.05, 4.69) is 9.88 Å². The minimum atomic E-state index is -0.239. The zero-order valence-electron chi connectivity index (χ0n) is 11.0. The quantitative estimate of drug-likeness (QED) is 0.896. The number of hydrogen-bond donors (Lipinski definition) is 1. The molecular weight excluding hydrogens is 241 g/mol. The van der Waals surface area contributed by atoms with Gasteiger partial charge in [0, 0.05) is 25.8 Å². The molecule has 1 aromatic carbocycles.